The average Bonchev–Trinajstić information content (AvgIpc) is 2.65. The maximum Gasteiger partial charge on any atom is 0.127 e. The van der Waals surface area contributed by atoms with Gasteiger partial charge in [-0.1, -0.05) is 24.3 Å². The van der Waals surface area contributed by atoms with Crippen LogP contribution in [0.5, 0.6) is 5.75 Å². The van der Waals surface area contributed by atoms with E-state index in [9.17, 15) is 0 Å². The van der Waals surface area contributed by atoms with Gasteiger partial charge in [-0.3, -0.25) is 0 Å². The Morgan fingerprint density at radius 1 is 1.31 bits per heavy atom. The minimum atomic E-state index is 0.183. The molecule has 2 heteroatoms. The molecule has 16 heavy (non-hydrogen) atoms. The largest absolute Gasteiger partial charge is 0.490 e. The van der Waals surface area contributed by atoms with Crippen molar-refractivity contribution in [1.29, 1.82) is 0 Å². The first-order valence-corrected chi connectivity index (χ1v) is 6.21. The molecular weight excluding hydrogens is 220 g/mol. The van der Waals surface area contributed by atoms with Crippen LogP contribution in [0.15, 0.2) is 30.3 Å². The number of alkyl halides is 1. The Balaban J connectivity index is 2.29. The van der Waals surface area contributed by atoms with Crippen LogP contribution in [0, 0.1) is 0 Å². The first-order valence-electron chi connectivity index (χ1n) is 5.77. The number of allylic oxidation sites excluding steroid dienone is 2. The van der Waals surface area contributed by atoms with Gasteiger partial charge in [-0.15, -0.1) is 11.6 Å². The van der Waals surface area contributed by atoms with Gasteiger partial charge in [-0.2, -0.15) is 0 Å². The molecule has 0 N–H and O–H groups in total. The smallest absolute Gasteiger partial charge is 0.127 e. The number of rotatable bonds is 3. The van der Waals surface area contributed by atoms with Crippen LogP contribution >= 0.6 is 11.6 Å². The van der Waals surface area contributed by atoms with E-state index < -0.39 is 0 Å². The standard InChI is InChI=1S/C14H17ClO/c1-10(2)16-14-6-4-3-5-13(14)11-7-8-12(15)9-11/h3-6,9-10,12H,7-8H2,1-2H3. The summed E-state index contributed by atoms with van der Waals surface area (Å²) >= 11 is 6.10. The van der Waals surface area contributed by atoms with Gasteiger partial charge in [0.15, 0.2) is 0 Å². The molecule has 1 aromatic rings. The number of halogens is 1. The Bertz CT molecular complexity index is 395. The molecule has 0 fully saturated rings. The summed E-state index contributed by atoms with van der Waals surface area (Å²) in [5.74, 6) is 0.967. The summed E-state index contributed by atoms with van der Waals surface area (Å²) < 4.78 is 5.81. The lowest BCUT2D eigenvalue weighted by Gasteiger charge is -2.14. The average molecular weight is 237 g/mol. The van der Waals surface area contributed by atoms with E-state index in [0.29, 0.717) is 0 Å². The minimum Gasteiger partial charge on any atom is -0.490 e. The first kappa shape index (κ1) is 11.5. The molecule has 0 amide bonds. The van der Waals surface area contributed by atoms with Crippen molar-refractivity contribution in [3.8, 4) is 5.75 Å². The summed E-state index contributed by atoms with van der Waals surface area (Å²) in [4.78, 5) is 0. The quantitative estimate of drug-likeness (QED) is 0.713. The molecular formula is C14H17ClO. The summed E-state index contributed by atoms with van der Waals surface area (Å²) in [5, 5.41) is 0.183. The van der Waals surface area contributed by atoms with Gasteiger partial charge in [0.05, 0.1) is 11.5 Å². The van der Waals surface area contributed by atoms with Crippen LogP contribution < -0.4 is 4.74 Å². The van der Waals surface area contributed by atoms with Crippen molar-refractivity contribution in [3.05, 3.63) is 35.9 Å². The van der Waals surface area contributed by atoms with Crippen LogP contribution in [-0.2, 0) is 0 Å². The molecule has 0 bridgehead atoms. The van der Waals surface area contributed by atoms with Gasteiger partial charge in [0, 0.05) is 5.56 Å². The molecule has 1 unspecified atom stereocenters. The highest BCUT2D eigenvalue weighted by molar-refractivity contribution is 6.22. The van der Waals surface area contributed by atoms with Crippen LogP contribution in [0.25, 0.3) is 5.57 Å². The van der Waals surface area contributed by atoms with Crippen molar-refractivity contribution in [1.82, 2.24) is 0 Å². The summed E-state index contributed by atoms with van der Waals surface area (Å²) in [6.07, 6.45) is 4.43. The van der Waals surface area contributed by atoms with Crippen LogP contribution in [0.2, 0.25) is 0 Å². The Morgan fingerprint density at radius 2 is 2.06 bits per heavy atom. The molecule has 1 aliphatic carbocycles. The van der Waals surface area contributed by atoms with Crippen molar-refractivity contribution < 1.29 is 4.74 Å². The lowest BCUT2D eigenvalue weighted by molar-refractivity contribution is 0.241. The van der Waals surface area contributed by atoms with Crippen LogP contribution in [0.3, 0.4) is 0 Å². The van der Waals surface area contributed by atoms with Crippen LogP contribution in [0.4, 0.5) is 0 Å². The second-order valence-electron chi connectivity index (χ2n) is 4.41. The fourth-order valence-corrected chi connectivity index (χ4v) is 2.25. The SMILES string of the molecule is CC(C)Oc1ccccc1C1=CC(Cl)CC1. The van der Waals surface area contributed by atoms with E-state index in [1.54, 1.807) is 0 Å². The molecule has 0 saturated carbocycles. The molecule has 2 rings (SSSR count). The molecule has 1 aliphatic rings. The lowest BCUT2D eigenvalue weighted by Crippen LogP contribution is -2.07. The number of para-hydroxylation sites is 1. The zero-order valence-corrected chi connectivity index (χ0v) is 10.5. The topological polar surface area (TPSA) is 9.23 Å². The first-order chi connectivity index (χ1) is 7.66. The zero-order chi connectivity index (χ0) is 11.5. The third-order valence-corrected chi connectivity index (χ3v) is 3.01. The van der Waals surface area contributed by atoms with Gasteiger partial charge in [0.25, 0.3) is 0 Å². The van der Waals surface area contributed by atoms with E-state index in [2.05, 4.69) is 12.1 Å². The molecule has 86 valence electrons. The highest BCUT2D eigenvalue weighted by atomic mass is 35.5. The maximum absolute atomic E-state index is 6.10. The zero-order valence-electron chi connectivity index (χ0n) is 9.74. The third kappa shape index (κ3) is 2.59. The van der Waals surface area contributed by atoms with E-state index in [-0.39, 0.29) is 11.5 Å². The van der Waals surface area contributed by atoms with Gasteiger partial charge in [-0.25, -0.2) is 0 Å². The van der Waals surface area contributed by atoms with E-state index in [1.165, 1.54) is 11.1 Å². The fourth-order valence-electron chi connectivity index (χ4n) is 1.99. The minimum absolute atomic E-state index is 0.183. The number of hydrogen-bond acceptors (Lipinski definition) is 1. The fraction of sp³-hybridized carbons (Fsp3) is 0.429. The summed E-state index contributed by atoms with van der Waals surface area (Å²) in [5.41, 5.74) is 2.51. The lowest BCUT2D eigenvalue weighted by atomic mass is 10.0. The summed E-state index contributed by atoms with van der Waals surface area (Å²) in [6, 6.07) is 8.19. The Morgan fingerprint density at radius 3 is 2.69 bits per heavy atom. The third-order valence-electron chi connectivity index (χ3n) is 2.67. The van der Waals surface area contributed by atoms with Crippen LogP contribution in [0.1, 0.15) is 32.3 Å². The van der Waals surface area contributed by atoms with Crippen molar-refractivity contribution in [2.24, 2.45) is 0 Å². The Labute approximate surface area is 102 Å². The van der Waals surface area contributed by atoms with Crippen molar-refractivity contribution in [3.63, 3.8) is 0 Å². The predicted molar refractivity (Wildman–Crippen MR) is 69.1 cm³/mol. The molecule has 1 nitrogen and oxygen atoms in total. The normalized spacial score (nSPS) is 20.0. The van der Waals surface area contributed by atoms with E-state index in [1.807, 2.05) is 32.0 Å². The number of hydrogen-bond donors (Lipinski definition) is 0. The second kappa shape index (κ2) is 4.92. The van der Waals surface area contributed by atoms with Crippen molar-refractivity contribution in [2.45, 2.75) is 38.2 Å². The molecule has 0 radical (unpaired) electrons. The molecule has 0 spiro atoms. The van der Waals surface area contributed by atoms with Gasteiger partial charge < -0.3 is 4.74 Å². The Hall–Kier alpha value is -0.950. The summed E-state index contributed by atoms with van der Waals surface area (Å²) in [7, 11) is 0. The molecule has 0 aliphatic heterocycles. The number of benzene rings is 1. The maximum atomic E-state index is 6.10. The van der Waals surface area contributed by atoms with Gasteiger partial charge >= 0.3 is 0 Å². The predicted octanol–water partition coefficient (Wildman–Crippen LogP) is 4.26. The monoisotopic (exact) mass is 236 g/mol. The summed E-state index contributed by atoms with van der Waals surface area (Å²) in [6.45, 7) is 4.09. The Kier molecular flexibility index (Phi) is 3.55. The second-order valence-corrected chi connectivity index (χ2v) is 4.97. The van der Waals surface area contributed by atoms with Crippen molar-refractivity contribution >= 4 is 17.2 Å². The highest BCUT2D eigenvalue weighted by Crippen LogP contribution is 2.35. The van der Waals surface area contributed by atoms with E-state index in [0.717, 1.165) is 18.6 Å². The van der Waals surface area contributed by atoms with E-state index >= 15 is 0 Å². The molecule has 0 aromatic heterocycles. The molecule has 0 heterocycles. The van der Waals surface area contributed by atoms with Gasteiger partial charge in [0.1, 0.15) is 5.75 Å². The van der Waals surface area contributed by atoms with Crippen LogP contribution in [-0.4, -0.2) is 11.5 Å². The van der Waals surface area contributed by atoms with Gasteiger partial charge in [-0.05, 0) is 38.3 Å². The number of ether oxygens (including phenoxy) is 1. The van der Waals surface area contributed by atoms with E-state index in [4.69, 9.17) is 16.3 Å². The molecule has 1 aromatic carbocycles. The highest BCUT2D eigenvalue weighted by Gasteiger charge is 2.17. The molecule has 0 saturated heterocycles. The van der Waals surface area contributed by atoms with Gasteiger partial charge in [0.2, 0.25) is 0 Å². The van der Waals surface area contributed by atoms with Crippen molar-refractivity contribution in [2.75, 3.05) is 0 Å². The molecule has 1 atom stereocenters.